The second-order valence-corrected chi connectivity index (χ2v) is 8.24. The van der Waals surface area contributed by atoms with Gasteiger partial charge in [0.1, 0.15) is 5.82 Å². The zero-order chi connectivity index (χ0) is 17.2. The van der Waals surface area contributed by atoms with Crippen molar-refractivity contribution < 1.29 is 8.42 Å². The molecule has 0 radical (unpaired) electrons. The van der Waals surface area contributed by atoms with Crippen molar-refractivity contribution in [2.45, 2.75) is 24.7 Å². The fraction of sp³-hybridized carbons (Fsp3) is 0.389. The third kappa shape index (κ3) is 3.44. The molecular formula is C18H23N3O2S. The van der Waals surface area contributed by atoms with Crippen molar-refractivity contribution in [1.29, 1.82) is 0 Å². The van der Waals surface area contributed by atoms with Crippen molar-refractivity contribution in [2.24, 2.45) is 0 Å². The van der Waals surface area contributed by atoms with E-state index in [1.165, 1.54) is 0 Å². The fourth-order valence-corrected chi connectivity index (χ4v) is 4.29. The van der Waals surface area contributed by atoms with E-state index in [-0.39, 0.29) is 0 Å². The summed E-state index contributed by atoms with van der Waals surface area (Å²) in [5.74, 6) is 1.29. The van der Waals surface area contributed by atoms with Crippen molar-refractivity contribution >= 4 is 15.8 Å². The monoisotopic (exact) mass is 345 g/mol. The van der Waals surface area contributed by atoms with E-state index in [0.29, 0.717) is 37.0 Å². The van der Waals surface area contributed by atoms with Gasteiger partial charge in [0.25, 0.3) is 0 Å². The molecule has 3 rings (SSSR count). The largest absolute Gasteiger partial charge is 0.354 e. The Morgan fingerprint density at radius 3 is 2.17 bits per heavy atom. The maximum Gasteiger partial charge on any atom is 0.243 e. The van der Waals surface area contributed by atoms with E-state index in [9.17, 15) is 8.42 Å². The molecule has 1 aliphatic rings. The first kappa shape index (κ1) is 16.9. The molecule has 1 aromatic heterocycles. The third-order valence-electron chi connectivity index (χ3n) is 4.40. The molecule has 1 aromatic carbocycles. The Balaban J connectivity index is 1.70. The van der Waals surface area contributed by atoms with Crippen LogP contribution in [-0.4, -0.2) is 43.9 Å². The van der Waals surface area contributed by atoms with Crippen molar-refractivity contribution in [1.82, 2.24) is 9.29 Å². The number of hydrogen-bond acceptors (Lipinski definition) is 4. The zero-order valence-electron chi connectivity index (χ0n) is 14.1. The lowest BCUT2D eigenvalue weighted by atomic mass is 10.0. The summed E-state index contributed by atoms with van der Waals surface area (Å²) in [6, 6.07) is 13.0. The molecule has 0 bridgehead atoms. The lowest BCUT2D eigenvalue weighted by Gasteiger charge is -2.34. The molecule has 24 heavy (non-hydrogen) atoms. The molecule has 1 aliphatic heterocycles. The van der Waals surface area contributed by atoms with E-state index in [1.54, 1.807) is 22.6 Å². The topological polar surface area (TPSA) is 53.5 Å². The van der Waals surface area contributed by atoms with E-state index in [2.05, 4.69) is 23.7 Å². The molecule has 0 unspecified atom stereocenters. The molecule has 5 nitrogen and oxygen atoms in total. The Morgan fingerprint density at radius 2 is 1.62 bits per heavy atom. The highest BCUT2D eigenvalue weighted by Crippen LogP contribution is 2.22. The minimum Gasteiger partial charge on any atom is -0.354 e. The molecule has 0 amide bonds. The normalized spacial score (nSPS) is 16.5. The Morgan fingerprint density at radius 1 is 0.958 bits per heavy atom. The van der Waals surface area contributed by atoms with Crippen LogP contribution in [0.4, 0.5) is 5.82 Å². The van der Waals surface area contributed by atoms with Gasteiger partial charge in [-0.05, 0) is 35.7 Å². The molecule has 2 heterocycles. The van der Waals surface area contributed by atoms with Crippen LogP contribution in [0.3, 0.4) is 0 Å². The zero-order valence-corrected chi connectivity index (χ0v) is 14.9. The second kappa shape index (κ2) is 6.91. The molecule has 1 fully saturated rings. The number of aromatic nitrogens is 1. The van der Waals surface area contributed by atoms with Gasteiger partial charge in [0.05, 0.1) is 4.90 Å². The van der Waals surface area contributed by atoms with Crippen molar-refractivity contribution in [3.63, 3.8) is 0 Å². The SMILES string of the molecule is CC(C)c1ccc(S(=O)(=O)N2CCN(c3ccccn3)CC2)cc1. The Hall–Kier alpha value is -1.92. The Kier molecular flexibility index (Phi) is 4.87. The van der Waals surface area contributed by atoms with Gasteiger partial charge in [0.2, 0.25) is 10.0 Å². The van der Waals surface area contributed by atoms with E-state index < -0.39 is 10.0 Å². The molecule has 2 aromatic rings. The van der Waals surface area contributed by atoms with Gasteiger partial charge in [-0.25, -0.2) is 13.4 Å². The second-order valence-electron chi connectivity index (χ2n) is 6.30. The summed E-state index contributed by atoms with van der Waals surface area (Å²) in [6.45, 7) is 6.46. The molecule has 0 N–H and O–H groups in total. The van der Waals surface area contributed by atoms with Crippen LogP contribution in [0.2, 0.25) is 0 Å². The average Bonchev–Trinajstić information content (AvgIpc) is 2.62. The average molecular weight is 345 g/mol. The maximum atomic E-state index is 12.8. The minimum absolute atomic E-state index is 0.373. The maximum absolute atomic E-state index is 12.8. The third-order valence-corrected chi connectivity index (χ3v) is 6.31. The van der Waals surface area contributed by atoms with Crippen LogP contribution in [0.25, 0.3) is 0 Å². The number of pyridine rings is 1. The van der Waals surface area contributed by atoms with Crippen LogP contribution in [0.15, 0.2) is 53.6 Å². The van der Waals surface area contributed by atoms with Crippen LogP contribution in [0.5, 0.6) is 0 Å². The molecular weight excluding hydrogens is 322 g/mol. The summed E-state index contributed by atoms with van der Waals surface area (Å²) >= 11 is 0. The molecule has 128 valence electrons. The van der Waals surface area contributed by atoms with E-state index >= 15 is 0 Å². The molecule has 0 saturated carbocycles. The van der Waals surface area contributed by atoms with Crippen LogP contribution < -0.4 is 4.90 Å². The molecule has 1 saturated heterocycles. The van der Waals surface area contributed by atoms with E-state index in [0.717, 1.165) is 11.4 Å². The molecule has 0 atom stereocenters. The highest BCUT2D eigenvalue weighted by Gasteiger charge is 2.28. The smallest absolute Gasteiger partial charge is 0.243 e. The van der Waals surface area contributed by atoms with Gasteiger partial charge in [-0.15, -0.1) is 0 Å². The number of rotatable bonds is 4. The van der Waals surface area contributed by atoms with Gasteiger partial charge < -0.3 is 4.90 Å². The summed E-state index contributed by atoms with van der Waals surface area (Å²) in [5, 5.41) is 0. The first-order valence-corrected chi connectivity index (χ1v) is 9.68. The molecule has 0 aliphatic carbocycles. The number of sulfonamides is 1. The van der Waals surface area contributed by atoms with E-state index in [1.807, 2.05) is 30.3 Å². The number of hydrogen-bond donors (Lipinski definition) is 0. The standard InChI is InChI=1S/C18H23N3O2S/c1-15(2)16-6-8-17(9-7-16)24(22,23)21-13-11-20(12-14-21)18-5-3-4-10-19-18/h3-10,15H,11-14H2,1-2H3. The first-order chi connectivity index (χ1) is 11.5. The van der Waals surface area contributed by atoms with Gasteiger partial charge in [0, 0.05) is 32.4 Å². The van der Waals surface area contributed by atoms with Crippen LogP contribution in [0.1, 0.15) is 25.3 Å². The highest BCUT2D eigenvalue weighted by atomic mass is 32.2. The molecule has 6 heteroatoms. The van der Waals surface area contributed by atoms with Gasteiger partial charge >= 0.3 is 0 Å². The summed E-state index contributed by atoms with van der Waals surface area (Å²) in [7, 11) is -3.42. The highest BCUT2D eigenvalue weighted by molar-refractivity contribution is 7.89. The number of anilines is 1. The Bertz CT molecular complexity index is 766. The minimum atomic E-state index is -3.42. The van der Waals surface area contributed by atoms with Crippen molar-refractivity contribution in [2.75, 3.05) is 31.1 Å². The summed E-state index contributed by atoms with van der Waals surface area (Å²) in [4.78, 5) is 6.82. The van der Waals surface area contributed by atoms with Crippen molar-refractivity contribution in [3.8, 4) is 0 Å². The Labute approximate surface area is 144 Å². The van der Waals surface area contributed by atoms with Crippen molar-refractivity contribution in [3.05, 3.63) is 54.2 Å². The van der Waals surface area contributed by atoms with E-state index in [4.69, 9.17) is 0 Å². The van der Waals surface area contributed by atoms with Gasteiger partial charge in [-0.3, -0.25) is 0 Å². The summed E-state index contributed by atoms with van der Waals surface area (Å²) < 4.78 is 27.2. The quantitative estimate of drug-likeness (QED) is 0.855. The van der Waals surface area contributed by atoms with Crippen LogP contribution in [-0.2, 0) is 10.0 Å². The summed E-state index contributed by atoms with van der Waals surface area (Å²) in [5.41, 5.74) is 1.15. The van der Waals surface area contributed by atoms with Gasteiger partial charge in [-0.1, -0.05) is 32.0 Å². The van der Waals surface area contributed by atoms with Crippen LogP contribution in [0, 0.1) is 0 Å². The first-order valence-electron chi connectivity index (χ1n) is 8.24. The number of nitrogens with zero attached hydrogens (tertiary/aromatic N) is 3. The summed E-state index contributed by atoms with van der Waals surface area (Å²) in [6.07, 6.45) is 1.76. The molecule has 0 spiro atoms. The van der Waals surface area contributed by atoms with Crippen LogP contribution >= 0.6 is 0 Å². The van der Waals surface area contributed by atoms with Gasteiger partial charge in [0.15, 0.2) is 0 Å². The lowest BCUT2D eigenvalue weighted by molar-refractivity contribution is 0.384. The van der Waals surface area contributed by atoms with Gasteiger partial charge in [-0.2, -0.15) is 4.31 Å². The fourth-order valence-electron chi connectivity index (χ4n) is 2.87. The predicted octanol–water partition coefficient (Wildman–Crippen LogP) is 2.72. The number of benzene rings is 1. The predicted molar refractivity (Wildman–Crippen MR) is 95.7 cm³/mol. The number of piperazine rings is 1. The lowest BCUT2D eigenvalue weighted by Crippen LogP contribution is -2.48.